The van der Waals surface area contributed by atoms with Gasteiger partial charge in [0.05, 0.1) is 41.5 Å². The van der Waals surface area contributed by atoms with Gasteiger partial charge >= 0.3 is 0 Å². The number of hydrogen-bond acceptors (Lipinski definition) is 5. The van der Waals surface area contributed by atoms with Crippen LogP contribution in [0.25, 0.3) is 11.3 Å². The van der Waals surface area contributed by atoms with Crippen LogP contribution in [0.5, 0.6) is 0 Å². The van der Waals surface area contributed by atoms with E-state index in [9.17, 15) is 9.00 Å². The predicted octanol–water partition coefficient (Wildman–Crippen LogP) is 2.54. The Bertz CT molecular complexity index is 930. The molecule has 28 heavy (non-hydrogen) atoms. The Kier molecular flexibility index (Phi) is 4.76. The van der Waals surface area contributed by atoms with Gasteiger partial charge in [0.25, 0.3) is 5.91 Å². The predicted molar refractivity (Wildman–Crippen MR) is 104 cm³/mol. The molecule has 1 atom stereocenters. The highest BCUT2D eigenvalue weighted by molar-refractivity contribution is 7.84. The van der Waals surface area contributed by atoms with Gasteiger partial charge in [0.15, 0.2) is 5.69 Å². The minimum absolute atomic E-state index is 0.0709. The van der Waals surface area contributed by atoms with Gasteiger partial charge in [-0.25, -0.2) is 4.98 Å². The van der Waals surface area contributed by atoms with Crippen LogP contribution in [0.3, 0.4) is 0 Å². The molecule has 0 bridgehead atoms. The summed E-state index contributed by atoms with van der Waals surface area (Å²) < 4.78 is 20.3. The number of fused-ring (bicyclic) bond motifs is 3. The van der Waals surface area contributed by atoms with E-state index < -0.39 is 10.8 Å². The Morgan fingerprint density at radius 2 is 1.96 bits per heavy atom. The second kappa shape index (κ2) is 7.40. The van der Waals surface area contributed by atoms with Gasteiger partial charge in [0.1, 0.15) is 5.03 Å². The van der Waals surface area contributed by atoms with Crippen LogP contribution in [-0.2, 0) is 21.3 Å². The third-order valence-electron chi connectivity index (χ3n) is 5.95. The first-order valence-electron chi connectivity index (χ1n) is 10.1. The standard InChI is InChI=1S/C20H24N4O3S/c25-20(23-9-11-27-12-10-23)17-16-13-28(26)19-15(7-4-8-21-19)18(16)24(22-17)14-5-2-1-3-6-14/h4,7-8,14H,1-3,5-6,9-13H2. The Morgan fingerprint density at radius 3 is 2.75 bits per heavy atom. The van der Waals surface area contributed by atoms with Crippen molar-refractivity contribution >= 4 is 16.7 Å². The summed E-state index contributed by atoms with van der Waals surface area (Å²) in [6, 6.07) is 4.11. The van der Waals surface area contributed by atoms with Crippen molar-refractivity contribution in [1.29, 1.82) is 0 Å². The lowest BCUT2D eigenvalue weighted by atomic mass is 9.95. The molecule has 5 rings (SSSR count). The average Bonchev–Trinajstić information content (AvgIpc) is 3.14. The summed E-state index contributed by atoms with van der Waals surface area (Å²) in [6.45, 7) is 2.25. The topological polar surface area (TPSA) is 77.3 Å². The fourth-order valence-corrected chi connectivity index (χ4v) is 5.78. The second-order valence-electron chi connectivity index (χ2n) is 7.66. The summed E-state index contributed by atoms with van der Waals surface area (Å²) in [4.78, 5) is 19.4. The number of carbonyl (C=O) groups excluding carboxylic acids is 1. The molecule has 2 aliphatic heterocycles. The van der Waals surface area contributed by atoms with Gasteiger partial charge < -0.3 is 9.64 Å². The van der Waals surface area contributed by atoms with Crippen molar-refractivity contribution in [2.45, 2.75) is 48.9 Å². The molecule has 1 amide bonds. The highest BCUT2D eigenvalue weighted by atomic mass is 32.2. The van der Waals surface area contributed by atoms with Gasteiger partial charge in [0, 0.05) is 30.4 Å². The maximum Gasteiger partial charge on any atom is 0.274 e. The normalized spacial score (nSPS) is 22.6. The van der Waals surface area contributed by atoms with E-state index in [1.54, 1.807) is 11.1 Å². The molecule has 2 fully saturated rings. The molecule has 2 aromatic heterocycles. The Labute approximate surface area is 166 Å². The first kappa shape index (κ1) is 18.0. The van der Waals surface area contributed by atoms with Crippen molar-refractivity contribution in [3.05, 3.63) is 29.6 Å². The molecule has 148 valence electrons. The van der Waals surface area contributed by atoms with Gasteiger partial charge in [0.2, 0.25) is 0 Å². The van der Waals surface area contributed by atoms with Gasteiger partial charge in [-0.05, 0) is 25.0 Å². The molecule has 2 aromatic rings. The van der Waals surface area contributed by atoms with Crippen LogP contribution in [0, 0.1) is 0 Å². The van der Waals surface area contributed by atoms with Crippen molar-refractivity contribution < 1.29 is 13.7 Å². The molecule has 8 heteroatoms. The Hall–Kier alpha value is -2.06. The van der Waals surface area contributed by atoms with Crippen LogP contribution in [-0.4, -0.2) is 56.1 Å². The zero-order valence-electron chi connectivity index (χ0n) is 15.8. The molecule has 1 aliphatic carbocycles. The number of morpholine rings is 1. The molecular weight excluding hydrogens is 376 g/mol. The van der Waals surface area contributed by atoms with Crippen molar-refractivity contribution in [3.8, 4) is 11.3 Å². The summed E-state index contributed by atoms with van der Waals surface area (Å²) in [5.74, 6) is 0.232. The van der Waals surface area contributed by atoms with Crippen LogP contribution in [0.2, 0.25) is 0 Å². The minimum Gasteiger partial charge on any atom is -0.378 e. The van der Waals surface area contributed by atoms with Crippen molar-refractivity contribution in [2.75, 3.05) is 26.3 Å². The number of hydrogen-bond donors (Lipinski definition) is 0. The first-order valence-corrected chi connectivity index (χ1v) is 11.4. The van der Waals surface area contributed by atoms with E-state index in [4.69, 9.17) is 9.84 Å². The van der Waals surface area contributed by atoms with Crippen molar-refractivity contribution in [2.24, 2.45) is 0 Å². The summed E-state index contributed by atoms with van der Waals surface area (Å²) in [5.41, 5.74) is 3.10. The molecule has 1 unspecified atom stereocenters. The van der Waals surface area contributed by atoms with Gasteiger partial charge in [-0.1, -0.05) is 19.3 Å². The van der Waals surface area contributed by atoms with Crippen LogP contribution in [0.1, 0.15) is 54.2 Å². The Balaban J connectivity index is 1.64. The van der Waals surface area contributed by atoms with Gasteiger partial charge in [-0.3, -0.25) is 13.7 Å². The van der Waals surface area contributed by atoms with Crippen molar-refractivity contribution in [1.82, 2.24) is 19.7 Å². The van der Waals surface area contributed by atoms with Crippen LogP contribution >= 0.6 is 0 Å². The third kappa shape index (κ3) is 2.99. The molecule has 3 aliphatic rings. The first-order chi connectivity index (χ1) is 13.7. The molecule has 4 heterocycles. The highest BCUT2D eigenvalue weighted by Gasteiger charge is 2.36. The number of pyridine rings is 1. The number of amides is 1. The molecule has 0 N–H and O–H groups in total. The van der Waals surface area contributed by atoms with E-state index in [0.29, 0.717) is 42.8 Å². The maximum absolute atomic E-state index is 13.3. The van der Waals surface area contributed by atoms with E-state index in [2.05, 4.69) is 9.67 Å². The lowest BCUT2D eigenvalue weighted by Gasteiger charge is -2.26. The number of carbonyl (C=O) groups is 1. The maximum atomic E-state index is 13.3. The zero-order valence-corrected chi connectivity index (χ0v) is 16.6. The SMILES string of the molecule is O=C(c1nn(C2CCCCC2)c2c1CS(=O)c1ncccc1-2)N1CCOCC1. The lowest BCUT2D eigenvalue weighted by molar-refractivity contribution is 0.0297. The lowest BCUT2D eigenvalue weighted by Crippen LogP contribution is -2.41. The smallest absolute Gasteiger partial charge is 0.274 e. The molecule has 0 aromatic carbocycles. The number of ether oxygens (including phenoxy) is 1. The monoisotopic (exact) mass is 400 g/mol. The van der Waals surface area contributed by atoms with E-state index in [1.807, 2.05) is 12.1 Å². The van der Waals surface area contributed by atoms with Gasteiger partial charge in [-0.2, -0.15) is 5.10 Å². The number of rotatable bonds is 2. The molecular formula is C20H24N4O3S. The van der Waals surface area contributed by atoms with Crippen LogP contribution in [0.15, 0.2) is 23.4 Å². The van der Waals surface area contributed by atoms with E-state index in [1.165, 1.54) is 19.3 Å². The van der Waals surface area contributed by atoms with E-state index in [0.717, 1.165) is 29.7 Å². The van der Waals surface area contributed by atoms with Crippen LogP contribution in [0.4, 0.5) is 0 Å². The quantitative estimate of drug-likeness (QED) is 0.774. The Morgan fingerprint density at radius 1 is 1.18 bits per heavy atom. The molecule has 7 nitrogen and oxygen atoms in total. The zero-order chi connectivity index (χ0) is 19.1. The summed E-state index contributed by atoms with van der Waals surface area (Å²) >= 11 is 0. The average molecular weight is 401 g/mol. The molecule has 1 saturated heterocycles. The van der Waals surface area contributed by atoms with Gasteiger partial charge in [-0.15, -0.1) is 0 Å². The summed E-state index contributed by atoms with van der Waals surface area (Å²) in [5, 5.41) is 5.46. The summed E-state index contributed by atoms with van der Waals surface area (Å²) in [6.07, 6.45) is 7.43. The number of nitrogens with zero attached hydrogens (tertiary/aromatic N) is 4. The molecule has 0 spiro atoms. The molecule has 1 saturated carbocycles. The van der Waals surface area contributed by atoms with E-state index >= 15 is 0 Å². The van der Waals surface area contributed by atoms with Crippen molar-refractivity contribution in [3.63, 3.8) is 0 Å². The highest BCUT2D eigenvalue weighted by Crippen LogP contribution is 2.40. The van der Waals surface area contributed by atoms with E-state index in [-0.39, 0.29) is 11.9 Å². The number of aromatic nitrogens is 3. The minimum atomic E-state index is -1.26. The van der Waals surface area contributed by atoms with Crippen LogP contribution < -0.4 is 0 Å². The molecule has 0 radical (unpaired) electrons. The largest absolute Gasteiger partial charge is 0.378 e. The fourth-order valence-electron chi connectivity index (χ4n) is 4.52. The third-order valence-corrected chi connectivity index (χ3v) is 7.25. The fraction of sp³-hybridized carbons (Fsp3) is 0.550. The second-order valence-corrected chi connectivity index (χ2v) is 9.03. The summed E-state index contributed by atoms with van der Waals surface area (Å²) in [7, 11) is -1.26.